The molecule has 0 spiro atoms. The molecule has 0 bridgehead atoms. The second-order valence-electron chi connectivity index (χ2n) is 2.89. The molecule has 0 atom stereocenters. The zero-order valence-corrected chi connectivity index (χ0v) is 10.6. The molecule has 0 aliphatic rings. The molecule has 4 N–H and O–H groups in total. The predicted octanol–water partition coefficient (Wildman–Crippen LogP) is -2.59. The van der Waals surface area contributed by atoms with Crippen molar-refractivity contribution in [1.82, 2.24) is 0 Å². The number of hydrogen-bond acceptors (Lipinski definition) is 8. The van der Waals surface area contributed by atoms with Crippen LogP contribution in [0.2, 0.25) is 0 Å². The predicted molar refractivity (Wildman–Crippen MR) is 47.6 cm³/mol. The molecule has 0 aliphatic carbocycles. The van der Waals surface area contributed by atoms with Crippen molar-refractivity contribution in [1.29, 1.82) is 0 Å². The maximum atomic E-state index is 10.3. The van der Waals surface area contributed by atoms with E-state index < -0.39 is 46.7 Å². The van der Waals surface area contributed by atoms with Crippen LogP contribution in [0.25, 0.3) is 0 Å². The number of aliphatic hydroxyl groups is 1. The zero-order valence-electron chi connectivity index (χ0n) is 8.79. The van der Waals surface area contributed by atoms with Gasteiger partial charge >= 0.3 is 34.4 Å². The largest absolute Gasteiger partial charge is 2.00 e. The first kappa shape index (κ1) is 22.9. The summed E-state index contributed by atoms with van der Waals surface area (Å²) < 4.78 is 34.1. The Morgan fingerprint density at radius 1 is 0.947 bits per heavy atom. The van der Waals surface area contributed by atoms with Gasteiger partial charge in [0.2, 0.25) is 0 Å². The summed E-state index contributed by atoms with van der Waals surface area (Å²) in [6.45, 7) is 0. The van der Waals surface area contributed by atoms with Gasteiger partial charge in [-0.1, -0.05) is 0 Å². The fourth-order valence-corrected chi connectivity index (χ4v) is 0.714. The minimum Gasteiger partial charge on any atom is -0.759 e. The minimum atomic E-state index is -5.17. The number of hydrogen-bond donors (Lipinski definition) is 4. The van der Waals surface area contributed by atoms with Gasteiger partial charge in [0, 0.05) is 10.4 Å². The molecule has 0 rings (SSSR count). The van der Waals surface area contributed by atoms with Gasteiger partial charge in [0.05, 0.1) is 12.8 Å². The minimum absolute atomic E-state index is 0. The van der Waals surface area contributed by atoms with Gasteiger partial charge in [-0.15, -0.1) is 0 Å². The maximum Gasteiger partial charge on any atom is 2.00 e. The fraction of sp³-hybridized carbons (Fsp3) is 0.500. The van der Waals surface area contributed by atoms with Crippen molar-refractivity contribution < 1.29 is 68.8 Å². The summed E-state index contributed by atoms with van der Waals surface area (Å²) in [5.41, 5.74) is -2.74. The van der Waals surface area contributed by atoms with E-state index in [9.17, 15) is 14.4 Å². The summed E-state index contributed by atoms with van der Waals surface area (Å²) >= 11 is 0. The van der Waals surface area contributed by atoms with E-state index in [2.05, 4.69) is 0 Å². The summed E-state index contributed by atoms with van der Waals surface area (Å²) in [7, 11) is -5.17. The van der Waals surface area contributed by atoms with E-state index >= 15 is 0 Å². The van der Waals surface area contributed by atoms with E-state index in [1.165, 1.54) is 0 Å². The normalized spacial score (nSPS) is 10.5. The molecule has 13 heteroatoms. The SMILES string of the molecule is O=C(O)CC(O)(CC(=O)O)C(=O)O.O=S(=O)([O-])[O-].[Ni+2]. The Labute approximate surface area is 116 Å². The van der Waals surface area contributed by atoms with Crippen LogP contribution in [0.3, 0.4) is 0 Å². The molecule has 0 aromatic rings. The molecular weight excluding hydrogens is 339 g/mol. The Hall–Kier alpha value is -1.27. The molecule has 0 aromatic carbocycles. The van der Waals surface area contributed by atoms with Crippen LogP contribution in [-0.4, -0.2) is 61.5 Å². The van der Waals surface area contributed by atoms with E-state index in [-0.39, 0.29) is 16.5 Å². The van der Waals surface area contributed by atoms with E-state index in [0.29, 0.717) is 0 Å². The van der Waals surface area contributed by atoms with Crippen molar-refractivity contribution >= 4 is 28.3 Å². The first-order valence-electron chi connectivity index (χ1n) is 3.84. The number of carboxylic acids is 3. The molecule has 114 valence electrons. The van der Waals surface area contributed by atoms with Crippen LogP contribution in [0.1, 0.15) is 12.8 Å². The van der Waals surface area contributed by atoms with Crippen LogP contribution in [-0.2, 0) is 41.3 Å². The Morgan fingerprint density at radius 3 is 1.26 bits per heavy atom. The van der Waals surface area contributed by atoms with Crippen molar-refractivity contribution in [3.05, 3.63) is 0 Å². The van der Waals surface area contributed by atoms with Crippen LogP contribution in [0.5, 0.6) is 0 Å². The molecule has 11 nitrogen and oxygen atoms in total. The van der Waals surface area contributed by atoms with Crippen molar-refractivity contribution in [2.24, 2.45) is 0 Å². The Balaban J connectivity index is -0.000000366. The fourth-order valence-electron chi connectivity index (χ4n) is 0.714. The third kappa shape index (κ3) is 16.7. The Morgan fingerprint density at radius 2 is 1.16 bits per heavy atom. The molecule has 0 heterocycles. The molecular formula is C6H8NiO11S. The zero-order chi connectivity index (χ0) is 15.1. The molecule has 0 amide bonds. The van der Waals surface area contributed by atoms with Gasteiger partial charge in [0.25, 0.3) is 0 Å². The van der Waals surface area contributed by atoms with Crippen LogP contribution in [0.15, 0.2) is 0 Å². The van der Waals surface area contributed by atoms with Gasteiger partial charge in [-0.05, 0) is 0 Å². The number of carbonyl (C=O) groups is 3. The van der Waals surface area contributed by atoms with E-state index in [4.69, 9.17) is 37.9 Å². The third-order valence-corrected chi connectivity index (χ3v) is 1.29. The quantitative estimate of drug-likeness (QED) is 0.230. The monoisotopic (exact) mass is 346 g/mol. The van der Waals surface area contributed by atoms with Gasteiger partial charge in [0.1, 0.15) is 0 Å². The summed E-state index contributed by atoms with van der Waals surface area (Å²) in [6.07, 6.45) is -2.29. The molecule has 0 unspecified atom stereocenters. The van der Waals surface area contributed by atoms with E-state index in [1.54, 1.807) is 0 Å². The van der Waals surface area contributed by atoms with Gasteiger partial charge in [-0.25, -0.2) is 4.79 Å². The molecule has 0 aliphatic heterocycles. The first-order valence-corrected chi connectivity index (χ1v) is 5.17. The van der Waals surface area contributed by atoms with E-state index in [0.717, 1.165) is 0 Å². The second-order valence-corrected chi connectivity index (χ2v) is 3.70. The van der Waals surface area contributed by atoms with Gasteiger partial charge in [-0.3, -0.25) is 18.0 Å². The Kier molecular flexibility index (Phi) is 10.6. The number of carboxylic acid groups (broad SMARTS) is 3. The maximum absolute atomic E-state index is 10.3. The number of aliphatic carboxylic acids is 3. The molecule has 0 radical (unpaired) electrons. The van der Waals surface area contributed by atoms with Crippen molar-refractivity contribution in [3.63, 3.8) is 0 Å². The standard InChI is InChI=1S/C6H8O7.Ni.H2O4S/c7-3(8)1-6(13,5(11)12)2-4(9)10;;1-5(2,3)4/h13H,1-2H2,(H,7,8)(H,9,10)(H,11,12);;(H2,1,2,3,4)/q;+2;/p-2. The average molecular weight is 347 g/mol. The van der Waals surface area contributed by atoms with Crippen molar-refractivity contribution in [3.8, 4) is 0 Å². The second kappa shape index (κ2) is 8.77. The van der Waals surface area contributed by atoms with Crippen LogP contribution >= 0.6 is 0 Å². The summed E-state index contributed by atoms with van der Waals surface area (Å²) in [4.78, 5) is 30.5. The molecule has 0 saturated heterocycles. The molecule has 0 fully saturated rings. The summed E-state index contributed by atoms with van der Waals surface area (Å²) in [5.74, 6) is -5.02. The van der Waals surface area contributed by atoms with Crippen LogP contribution in [0, 0.1) is 0 Å². The first-order chi connectivity index (χ1) is 7.78. The Bertz CT molecular complexity index is 402. The number of rotatable bonds is 5. The van der Waals surface area contributed by atoms with Crippen molar-refractivity contribution in [2.45, 2.75) is 18.4 Å². The molecule has 19 heavy (non-hydrogen) atoms. The van der Waals surface area contributed by atoms with Crippen LogP contribution < -0.4 is 0 Å². The van der Waals surface area contributed by atoms with Crippen molar-refractivity contribution in [2.75, 3.05) is 0 Å². The van der Waals surface area contributed by atoms with Gasteiger partial charge in [0.15, 0.2) is 5.60 Å². The smallest absolute Gasteiger partial charge is 0.759 e. The van der Waals surface area contributed by atoms with Crippen LogP contribution in [0.4, 0.5) is 0 Å². The average Bonchev–Trinajstić information content (AvgIpc) is 1.95. The van der Waals surface area contributed by atoms with Gasteiger partial charge in [-0.2, -0.15) is 0 Å². The summed E-state index contributed by atoms with van der Waals surface area (Å²) in [6, 6.07) is 0. The van der Waals surface area contributed by atoms with Gasteiger partial charge < -0.3 is 29.5 Å². The van der Waals surface area contributed by atoms with E-state index in [1.807, 2.05) is 0 Å². The third-order valence-electron chi connectivity index (χ3n) is 1.29. The molecule has 0 saturated carbocycles. The molecule has 0 aromatic heterocycles. The summed E-state index contributed by atoms with van der Waals surface area (Å²) in [5, 5.41) is 33.8. The topological polar surface area (TPSA) is 212 Å².